The molecular formula is C15H25NO3. The van der Waals surface area contributed by atoms with Crippen molar-refractivity contribution in [1.29, 1.82) is 0 Å². The summed E-state index contributed by atoms with van der Waals surface area (Å²) in [6.07, 6.45) is 0.814. The van der Waals surface area contributed by atoms with Crippen molar-refractivity contribution in [1.82, 2.24) is 5.32 Å². The van der Waals surface area contributed by atoms with Gasteiger partial charge in [-0.15, -0.1) is 0 Å². The van der Waals surface area contributed by atoms with Crippen LogP contribution in [0.15, 0.2) is 18.2 Å². The quantitative estimate of drug-likeness (QED) is 0.759. The zero-order valence-electron chi connectivity index (χ0n) is 12.3. The van der Waals surface area contributed by atoms with Gasteiger partial charge >= 0.3 is 0 Å². The predicted octanol–water partition coefficient (Wildman–Crippen LogP) is 2.37. The zero-order chi connectivity index (χ0) is 14.3. The van der Waals surface area contributed by atoms with Crippen molar-refractivity contribution in [3.8, 4) is 11.5 Å². The molecule has 0 radical (unpaired) electrons. The highest BCUT2D eigenvalue weighted by Crippen LogP contribution is 2.29. The Labute approximate surface area is 115 Å². The first-order valence-corrected chi connectivity index (χ1v) is 6.68. The number of rotatable bonds is 8. The highest BCUT2D eigenvalue weighted by Gasteiger charge is 2.13. The summed E-state index contributed by atoms with van der Waals surface area (Å²) >= 11 is 0. The second kappa shape index (κ2) is 8.02. The third-order valence-corrected chi connectivity index (χ3v) is 3.30. The van der Waals surface area contributed by atoms with E-state index in [1.54, 1.807) is 14.2 Å². The molecule has 0 amide bonds. The molecule has 108 valence electrons. The summed E-state index contributed by atoms with van der Waals surface area (Å²) in [4.78, 5) is 0. The summed E-state index contributed by atoms with van der Waals surface area (Å²) in [5.74, 6) is 2.13. The summed E-state index contributed by atoms with van der Waals surface area (Å²) < 4.78 is 10.6. The van der Waals surface area contributed by atoms with Crippen molar-refractivity contribution in [2.75, 3.05) is 27.4 Å². The number of ether oxygens (including phenoxy) is 2. The molecular weight excluding hydrogens is 242 g/mol. The molecule has 0 bridgehead atoms. The molecule has 19 heavy (non-hydrogen) atoms. The van der Waals surface area contributed by atoms with Crippen LogP contribution in [-0.2, 0) is 0 Å². The van der Waals surface area contributed by atoms with Crippen LogP contribution in [-0.4, -0.2) is 32.5 Å². The van der Waals surface area contributed by atoms with E-state index >= 15 is 0 Å². The number of hydrogen-bond donors (Lipinski definition) is 2. The SMILES string of the molecule is COc1ccc(OC)c(C(C)NCC(C)CCO)c1. The molecule has 0 aliphatic heterocycles. The van der Waals surface area contributed by atoms with Gasteiger partial charge < -0.3 is 19.9 Å². The van der Waals surface area contributed by atoms with Gasteiger partial charge in [-0.3, -0.25) is 0 Å². The predicted molar refractivity (Wildman–Crippen MR) is 76.8 cm³/mol. The monoisotopic (exact) mass is 267 g/mol. The Hall–Kier alpha value is -1.26. The van der Waals surface area contributed by atoms with Gasteiger partial charge in [0.15, 0.2) is 0 Å². The zero-order valence-corrected chi connectivity index (χ0v) is 12.3. The highest BCUT2D eigenvalue weighted by atomic mass is 16.5. The minimum Gasteiger partial charge on any atom is -0.497 e. The molecule has 1 aromatic rings. The second-order valence-electron chi connectivity index (χ2n) is 4.86. The first-order chi connectivity index (χ1) is 9.12. The third-order valence-electron chi connectivity index (χ3n) is 3.30. The minimum absolute atomic E-state index is 0.172. The lowest BCUT2D eigenvalue weighted by Crippen LogP contribution is -2.25. The van der Waals surface area contributed by atoms with Gasteiger partial charge in [0.1, 0.15) is 11.5 Å². The normalized spacial score (nSPS) is 13.9. The summed E-state index contributed by atoms with van der Waals surface area (Å²) in [6, 6.07) is 5.98. The van der Waals surface area contributed by atoms with Crippen LogP contribution >= 0.6 is 0 Å². The summed E-state index contributed by atoms with van der Waals surface area (Å²) in [6.45, 7) is 5.32. The molecule has 0 aliphatic carbocycles. The van der Waals surface area contributed by atoms with Gasteiger partial charge in [-0.25, -0.2) is 0 Å². The van der Waals surface area contributed by atoms with Crippen LogP contribution in [0.5, 0.6) is 11.5 Å². The van der Waals surface area contributed by atoms with Crippen LogP contribution < -0.4 is 14.8 Å². The third kappa shape index (κ3) is 4.73. The Morgan fingerprint density at radius 2 is 1.95 bits per heavy atom. The van der Waals surface area contributed by atoms with E-state index in [4.69, 9.17) is 14.6 Å². The molecule has 0 aromatic heterocycles. The van der Waals surface area contributed by atoms with Gasteiger partial charge in [-0.1, -0.05) is 6.92 Å². The summed E-state index contributed by atoms with van der Waals surface area (Å²) in [7, 11) is 3.33. The molecule has 1 aromatic carbocycles. The van der Waals surface area contributed by atoms with Crippen LogP contribution in [0.2, 0.25) is 0 Å². The molecule has 0 heterocycles. The molecule has 0 fully saturated rings. The molecule has 4 nitrogen and oxygen atoms in total. The van der Waals surface area contributed by atoms with Crippen molar-refractivity contribution >= 4 is 0 Å². The second-order valence-corrected chi connectivity index (χ2v) is 4.86. The molecule has 2 atom stereocenters. The van der Waals surface area contributed by atoms with Crippen LogP contribution in [0.4, 0.5) is 0 Å². The molecule has 1 rings (SSSR count). The Morgan fingerprint density at radius 1 is 1.21 bits per heavy atom. The van der Waals surface area contributed by atoms with Crippen LogP contribution in [0, 0.1) is 5.92 Å². The highest BCUT2D eigenvalue weighted by molar-refractivity contribution is 5.42. The van der Waals surface area contributed by atoms with E-state index in [-0.39, 0.29) is 12.6 Å². The van der Waals surface area contributed by atoms with Gasteiger partial charge in [-0.2, -0.15) is 0 Å². The van der Waals surface area contributed by atoms with E-state index in [0.29, 0.717) is 5.92 Å². The van der Waals surface area contributed by atoms with E-state index in [1.807, 2.05) is 18.2 Å². The molecule has 0 saturated carbocycles. The number of methoxy groups -OCH3 is 2. The Morgan fingerprint density at radius 3 is 2.53 bits per heavy atom. The van der Waals surface area contributed by atoms with E-state index in [1.165, 1.54) is 0 Å². The molecule has 4 heteroatoms. The maximum atomic E-state index is 8.91. The molecule has 0 spiro atoms. The number of benzene rings is 1. The van der Waals surface area contributed by atoms with Gasteiger partial charge in [0.2, 0.25) is 0 Å². The standard InChI is InChI=1S/C15H25NO3/c1-11(7-8-17)10-16-12(2)14-9-13(18-3)5-6-15(14)19-4/h5-6,9,11-12,16-17H,7-8,10H2,1-4H3. The number of aliphatic hydroxyl groups is 1. The first kappa shape index (κ1) is 15.8. The van der Waals surface area contributed by atoms with Gasteiger partial charge in [0.05, 0.1) is 14.2 Å². The van der Waals surface area contributed by atoms with Crippen molar-refractivity contribution < 1.29 is 14.6 Å². The fraction of sp³-hybridized carbons (Fsp3) is 0.600. The van der Waals surface area contributed by atoms with Crippen molar-refractivity contribution in [3.05, 3.63) is 23.8 Å². The number of nitrogens with one attached hydrogen (secondary N) is 1. The Kier molecular flexibility index (Phi) is 6.67. The Bertz CT molecular complexity index is 382. The van der Waals surface area contributed by atoms with E-state index < -0.39 is 0 Å². The lowest BCUT2D eigenvalue weighted by atomic mass is 10.0. The minimum atomic E-state index is 0.172. The fourth-order valence-electron chi connectivity index (χ4n) is 1.99. The van der Waals surface area contributed by atoms with Crippen LogP contribution in [0.3, 0.4) is 0 Å². The average Bonchev–Trinajstić information content (AvgIpc) is 2.44. The van der Waals surface area contributed by atoms with E-state index in [0.717, 1.165) is 30.0 Å². The molecule has 2 N–H and O–H groups in total. The largest absolute Gasteiger partial charge is 0.497 e. The van der Waals surface area contributed by atoms with E-state index in [2.05, 4.69) is 19.2 Å². The maximum Gasteiger partial charge on any atom is 0.123 e. The summed E-state index contributed by atoms with van der Waals surface area (Å²) in [5, 5.41) is 12.4. The molecule has 0 saturated heterocycles. The summed E-state index contributed by atoms with van der Waals surface area (Å²) in [5.41, 5.74) is 1.08. The topological polar surface area (TPSA) is 50.7 Å². The molecule has 2 unspecified atom stereocenters. The van der Waals surface area contributed by atoms with Gasteiger partial charge in [0.25, 0.3) is 0 Å². The Balaban J connectivity index is 2.71. The van der Waals surface area contributed by atoms with Crippen LogP contribution in [0.25, 0.3) is 0 Å². The maximum absolute atomic E-state index is 8.91. The lowest BCUT2D eigenvalue weighted by molar-refractivity contribution is 0.258. The van der Waals surface area contributed by atoms with Crippen molar-refractivity contribution in [2.45, 2.75) is 26.3 Å². The van der Waals surface area contributed by atoms with Gasteiger partial charge in [-0.05, 0) is 44.0 Å². The fourth-order valence-corrected chi connectivity index (χ4v) is 1.99. The van der Waals surface area contributed by atoms with Crippen molar-refractivity contribution in [2.24, 2.45) is 5.92 Å². The lowest BCUT2D eigenvalue weighted by Gasteiger charge is -2.20. The number of hydrogen-bond acceptors (Lipinski definition) is 4. The van der Waals surface area contributed by atoms with E-state index in [9.17, 15) is 0 Å². The first-order valence-electron chi connectivity index (χ1n) is 6.68. The van der Waals surface area contributed by atoms with Gasteiger partial charge in [0, 0.05) is 18.2 Å². The average molecular weight is 267 g/mol. The van der Waals surface area contributed by atoms with Crippen molar-refractivity contribution in [3.63, 3.8) is 0 Å². The smallest absolute Gasteiger partial charge is 0.123 e. The molecule has 0 aliphatic rings. The van der Waals surface area contributed by atoms with Crippen LogP contribution in [0.1, 0.15) is 31.9 Å². The number of aliphatic hydroxyl groups excluding tert-OH is 1.